The molecule has 9 heteroatoms. The highest BCUT2D eigenvalue weighted by Crippen LogP contribution is 2.25. The number of hydrogen-bond donors (Lipinski definition) is 0. The van der Waals surface area contributed by atoms with Crippen LogP contribution in [0, 0.1) is 0 Å². The van der Waals surface area contributed by atoms with Crippen molar-refractivity contribution in [3.05, 3.63) is 47.0 Å². The average Bonchev–Trinajstić information content (AvgIpc) is 3.17. The minimum Gasteiger partial charge on any atom is -0.435 e. The lowest BCUT2D eigenvalue weighted by Crippen LogP contribution is -2.06. The largest absolute Gasteiger partial charge is 0.435 e. The number of benzene rings is 1. The molecule has 0 saturated carbocycles. The second-order valence-corrected chi connectivity index (χ2v) is 6.05. The van der Waals surface area contributed by atoms with Crippen molar-refractivity contribution in [3.63, 3.8) is 0 Å². The van der Waals surface area contributed by atoms with Crippen LogP contribution in [0.15, 0.2) is 45.5 Å². The van der Waals surface area contributed by atoms with E-state index < -0.39 is 6.61 Å². The Hall–Kier alpha value is -2.29. The molecule has 1 atom stereocenters. The van der Waals surface area contributed by atoms with E-state index in [1.165, 1.54) is 12.1 Å². The maximum Gasteiger partial charge on any atom is 0.387 e. The number of hydrogen-bond acceptors (Lipinski definition) is 5. The lowest BCUT2D eigenvalue weighted by Gasteiger charge is -2.06. The molecule has 2 aromatic heterocycles. The fourth-order valence-corrected chi connectivity index (χ4v) is 2.45. The first-order chi connectivity index (χ1) is 11.5. The van der Waals surface area contributed by atoms with Gasteiger partial charge in [0, 0.05) is 11.8 Å². The Labute approximate surface area is 144 Å². The molecular weight excluding hydrogens is 386 g/mol. The molecule has 0 aliphatic heterocycles. The number of nitrogens with zero attached hydrogens (tertiary/aromatic N) is 4. The summed E-state index contributed by atoms with van der Waals surface area (Å²) in [6, 6.07) is 6.03. The molecule has 6 nitrogen and oxygen atoms in total. The fraction of sp³-hybridized carbons (Fsp3) is 0.267. The van der Waals surface area contributed by atoms with Crippen molar-refractivity contribution in [3.8, 4) is 17.2 Å². The molecule has 1 unspecified atom stereocenters. The monoisotopic (exact) mass is 398 g/mol. The second kappa shape index (κ2) is 7.08. The summed E-state index contributed by atoms with van der Waals surface area (Å²) in [6.07, 6.45) is 3.56. The van der Waals surface area contributed by atoms with Gasteiger partial charge < -0.3 is 9.15 Å². The minimum absolute atomic E-state index is 0.0282. The van der Waals surface area contributed by atoms with Crippen molar-refractivity contribution in [2.24, 2.45) is 0 Å². The zero-order valence-corrected chi connectivity index (χ0v) is 14.2. The highest BCUT2D eigenvalue weighted by Gasteiger charge is 2.16. The van der Waals surface area contributed by atoms with Gasteiger partial charge in [0.25, 0.3) is 0 Å². The van der Waals surface area contributed by atoms with Gasteiger partial charge >= 0.3 is 6.61 Å². The van der Waals surface area contributed by atoms with Crippen LogP contribution < -0.4 is 4.74 Å². The molecule has 0 amide bonds. The smallest absolute Gasteiger partial charge is 0.387 e. The third kappa shape index (κ3) is 3.97. The van der Waals surface area contributed by atoms with Crippen molar-refractivity contribution in [2.45, 2.75) is 26.0 Å². The molecule has 24 heavy (non-hydrogen) atoms. The minimum atomic E-state index is -2.85. The first-order valence-electron chi connectivity index (χ1n) is 7.08. The van der Waals surface area contributed by atoms with Crippen molar-refractivity contribution < 1.29 is 17.9 Å². The lowest BCUT2D eigenvalue weighted by molar-refractivity contribution is -0.0498. The van der Waals surface area contributed by atoms with E-state index in [9.17, 15) is 8.78 Å². The molecule has 1 aromatic carbocycles. The second-order valence-electron chi connectivity index (χ2n) is 5.13. The van der Waals surface area contributed by atoms with Crippen LogP contribution in [0.4, 0.5) is 8.78 Å². The predicted octanol–water partition coefficient (Wildman–Crippen LogP) is 4.10. The normalized spacial score (nSPS) is 12.5. The highest BCUT2D eigenvalue weighted by molar-refractivity contribution is 9.10. The molecule has 3 rings (SSSR count). The summed E-state index contributed by atoms with van der Waals surface area (Å²) in [6.45, 7) is -0.310. The Kier molecular flexibility index (Phi) is 4.89. The SMILES string of the molecule is CC(Cn1cc(Br)cn1)c1nnc(-c2ccc(OC(F)F)cc2)o1. The van der Waals surface area contributed by atoms with Gasteiger partial charge in [0.05, 0.1) is 23.1 Å². The van der Waals surface area contributed by atoms with Crippen LogP contribution in [0.25, 0.3) is 11.5 Å². The van der Waals surface area contributed by atoms with Gasteiger partial charge in [0.15, 0.2) is 0 Å². The molecule has 0 N–H and O–H groups in total. The Balaban J connectivity index is 1.70. The molecule has 0 bridgehead atoms. The Morgan fingerprint density at radius 2 is 2.00 bits per heavy atom. The van der Waals surface area contributed by atoms with E-state index in [0.717, 1.165) is 4.47 Å². The van der Waals surface area contributed by atoms with Crippen molar-refractivity contribution in [1.29, 1.82) is 0 Å². The van der Waals surface area contributed by atoms with Crippen molar-refractivity contribution >= 4 is 15.9 Å². The third-order valence-electron chi connectivity index (χ3n) is 3.25. The van der Waals surface area contributed by atoms with E-state index in [-0.39, 0.29) is 11.7 Å². The van der Waals surface area contributed by atoms with Crippen LogP contribution in [-0.4, -0.2) is 26.6 Å². The van der Waals surface area contributed by atoms with E-state index in [0.29, 0.717) is 23.9 Å². The number of ether oxygens (including phenoxy) is 1. The van der Waals surface area contributed by atoms with E-state index in [1.807, 2.05) is 13.1 Å². The maximum atomic E-state index is 12.1. The van der Waals surface area contributed by atoms with Crippen LogP contribution in [0.3, 0.4) is 0 Å². The summed E-state index contributed by atoms with van der Waals surface area (Å²) in [5.41, 5.74) is 0.629. The van der Waals surface area contributed by atoms with Gasteiger partial charge in [-0.15, -0.1) is 10.2 Å². The van der Waals surface area contributed by atoms with Gasteiger partial charge in [0.1, 0.15) is 5.75 Å². The maximum absolute atomic E-state index is 12.1. The molecule has 0 fully saturated rings. The molecule has 0 spiro atoms. The van der Waals surface area contributed by atoms with Crippen LogP contribution in [0.2, 0.25) is 0 Å². The van der Waals surface area contributed by atoms with Crippen LogP contribution >= 0.6 is 15.9 Å². The summed E-state index contributed by atoms with van der Waals surface area (Å²) in [4.78, 5) is 0. The van der Waals surface area contributed by atoms with E-state index in [4.69, 9.17) is 4.42 Å². The number of rotatable bonds is 6. The van der Waals surface area contributed by atoms with Gasteiger partial charge in [-0.1, -0.05) is 6.92 Å². The average molecular weight is 399 g/mol. The first-order valence-corrected chi connectivity index (χ1v) is 7.87. The van der Waals surface area contributed by atoms with E-state index in [2.05, 4.69) is 36.0 Å². The predicted molar refractivity (Wildman–Crippen MR) is 84.7 cm³/mol. The van der Waals surface area contributed by atoms with Crippen LogP contribution in [-0.2, 0) is 6.54 Å². The van der Waals surface area contributed by atoms with Gasteiger partial charge in [-0.3, -0.25) is 4.68 Å². The molecule has 0 aliphatic rings. The summed E-state index contributed by atoms with van der Waals surface area (Å²) in [7, 11) is 0. The summed E-state index contributed by atoms with van der Waals surface area (Å²) in [5, 5.41) is 12.2. The van der Waals surface area contributed by atoms with Gasteiger partial charge in [-0.2, -0.15) is 13.9 Å². The standard InChI is InChI=1S/C15H13BrF2N4O2/c1-9(7-22-8-11(16)6-19-22)13-20-21-14(24-13)10-2-4-12(5-3-10)23-15(17)18/h2-6,8-9,15H,7H2,1H3. The summed E-state index contributed by atoms with van der Waals surface area (Å²) < 4.78 is 36.9. The zero-order valence-electron chi connectivity index (χ0n) is 12.6. The van der Waals surface area contributed by atoms with Crippen LogP contribution in [0.1, 0.15) is 18.7 Å². The van der Waals surface area contributed by atoms with Crippen molar-refractivity contribution in [1.82, 2.24) is 20.0 Å². The fourth-order valence-electron chi connectivity index (χ4n) is 2.13. The first kappa shape index (κ1) is 16.6. The molecule has 0 radical (unpaired) electrons. The topological polar surface area (TPSA) is 66.0 Å². The number of alkyl halides is 2. The number of aromatic nitrogens is 4. The van der Waals surface area contributed by atoms with Gasteiger partial charge in [0.2, 0.25) is 11.8 Å². The third-order valence-corrected chi connectivity index (χ3v) is 3.66. The Bertz CT molecular complexity index is 804. The molecule has 2 heterocycles. The van der Waals surface area contributed by atoms with E-state index >= 15 is 0 Å². The van der Waals surface area contributed by atoms with E-state index in [1.54, 1.807) is 23.0 Å². The summed E-state index contributed by atoms with van der Waals surface area (Å²) in [5.74, 6) is 0.845. The van der Waals surface area contributed by atoms with Gasteiger partial charge in [-0.25, -0.2) is 0 Å². The Morgan fingerprint density at radius 1 is 1.25 bits per heavy atom. The summed E-state index contributed by atoms with van der Waals surface area (Å²) >= 11 is 3.34. The highest BCUT2D eigenvalue weighted by atomic mass is 79.9. The molecule has 3 aromatic rings. The quantitative estimate of drug-likeness (QED) is 0.625. The molecular formula is C15H13BrF2N4O2. The van der Waals surface area contributed by atoms with Gasteiger partial charge in [-0.05, 0) is 40.2 Å². The molecule has 0 saturated heterocycles. The lowest BCUT2D eigenvalue weighted by atomic mass is 10.2. The molecule has 126 valence electrons. The Morgan fingerprint density at radius 3 is 2.62 bits per heavy atom. The van der Waals surface area contributed by atoms with Crippen molar-refractivity contribution in [2.75, 3.05) is 0 Å². The van der Waals surface area contributed by atoms with Crippen LogP contribution in [0.5, 0.6) is 5.75 Å². The molecule has 0 aliphatic carbocycles. The zero-order chi connectivity index (χ0) is 17.1. The number of halogens is 3.